The van der Waals surface area contributed by atoms with Crippen molar-refractivity contribution in [3.05, 3.63) is 0 Å². The Morgan fingerprint density at radius 1 is 1.19 bits per heavy atom. The summed E-state index contributed by atoms with van der Waals surface area (Å²) in [6.45, 7) is 4.21. The molecule has 2 fully saturated rings. The second-order valence-corrected chi connectivity index (χ2v) is 6.05. The molecule has 0 radical (unpaired) electrons. The van der Waals surface area contributed by atoms with E-state index in [1.165, 1.54) is 19.3 Å². The molecule has 0 aromatic heterocycles. The van der Waals surface area contributed by atoms with E-state index in [9.17, 15) is 4.79 Å². The van der Waals surface area contributed by atoms with Gasteiger partial charge in [0.2, 0.25) is 0 Å². The third kappa shape index (κ3) is 2.32. The van der Waals surface area contributed by atoms with Crippen LogP contribution >= 0.6 is 0 Å². The van der Waals surface area contributed by atoms with Crippen LogP contribution in [0.3, 0.4) is 0 Å². The summed E-state index contributed by atoms with van der Waals surface area (Å²) in [5.41, 5.74) is 5.69. The van der Waals surface area contributed by atoms with Gasteiger partial charge in [0, 0.05) is 5.92 Å². The first-order valence-electron chi connectivity index (χ1n) is 6.88. The van der Waals surface area contributed by atoms with Gasteiger partial charge in [0.15, 0.2) is 5.78 Å². The average Bonchev–Trinajstić information content (AvgIpc) is 3.12. The summed E-state index contributed by atoms with van der Waals surface area (Å²) < 4.78 is 0. The van der Waals surface area contributed by atoms with Gasteiger partial charge in [-0.2, -0.15) is 0 Å². The van der Waals surface area contributed by atoms with E-state index in [-0.39, 0.29) is 5.92 Å². The van der Waals surface area contributed by atoms with Gasteiger partial charge in [0.1, 0.15) is 0 Å². The zero-order valence-corrected chi connectivity index (χ0v) is 10.7. The highest BCUT2D eigenvalue weighted by Crippen LogP contribution is 2.42. The van der Waals surface area contributed by atoms with Crippen molar-refractivity contribution in [3.63, 3.8) is 0 Å². The number of nitrogens with two attached hydrogens (primary N) is 1. The maximum atomic E-state index is 12.4. The van der Waals surface area contributed by atoms with Crippen LogP contribution in [0, 0.1) is 17.8 Å². The van der Waals surface area contributed by atoms with Gasteiger partial charge in [-0.3, -0.25) is 4.79 Å². The number of ketones is 1. The lowest BCUT2D eigenvalue weighted by atomic mass is 9.74. The molecule has 0 heterocycles. The SMILES string of the molecule is CCC1CCC(C(=O)C(C)(N)C2CC2)CC1. The minimum atomic E-state index is -0.524. The van der Waals surface area contributed by atoms with Crippen molar-refractivity contribution in [2.75, 3.05) is 0 Å². The Morgan fingerprint density at radius 3 is 2.19 bits per heavy atom. The molecule has 2 saturated carbocycles. The monoisotopic (exact) mass is 223 g/mol. The van der Waals surface area contributed by atoms with Crippen LogP contribution in [-0.2, 0) is 4.79 Å². The molecule has 0 bridgehead atoms. The molecule has 2 nitrogen and oxygen atoms in total. The van der Waals surface area contributed by atoms with Crippen molar-refractivity contribution in [1.82, 2.24) is 0 Å². The lowest BCUT2D eigenvalue weighted by molar-refractivity contribution is -0.129. The van der Waals surface area contributed by atoms with E-state index < -0.39 is 5.54 Å². The maximum Gasteiger partial charge on any atom is 0.155 e. The molecule has 0 aliphatic heterocycles. The zero-order chi connectivity index (χ0) is 11.8. The van der Waals surface area contributed by atoms with Gasteiger partial charge in [-0.15, -0.1) is 0 Å². The molecule has 0 amide bonds. The molecule has 0 aromatic rings. The Kier molecular flexibility index (Phi) is 3.39. The maximum absolute atomic E-state index is 12.4. The highest BCUT2D eigenvalue weighted by molar-refractivity contribution is 5.90. The third-order valence-corrected chi connectivity index (χ3v) is 4.75. The number of hydrogen-bond donors (Lipinski definition) is 1. The summed E-state index contributed by atoms with van der Waals surface area (Å²) in [4.78, 5) is 12.4. The zero-order valence-electron chi connectivity index (χ0n) is 10.7. The molecule has 92 valence electrons. The van der Waals surface area contributed by atoms with E-state index in [1.807, 2.05) is 6.92 Å². The smallest absolute Gasteiger partial charge is 0.155 e. The van der Waals surface area contributed by atoms with Crippen molar-refractivity contribution in [1.29, 1.82) is 0 Å². The molecule has 2 aliphatic carbocycles. The van der Waals surface area contributed by atoms with Gasteiger partial charge >= 0.3 is 0 Å². The first kappa shape index (κ1) is 12.1. The van der Waals surface area contributed by atoms with Gasteiger partial charge in [0.25, 0.3) is 0 Å². The fraction of sp³-hybridized carbons (Fsp3) is 0.929. The van der Waals surface area contributed by atoms with Crippen LogP contribution in [0.25, 0.3) is 0 Å². The quantitative estimate of drug-likeness (QED) is 0.796. The van der Waals surface area contributed by atoms with Crippen molar-refractivity contribution >= 4 is 5.78 Å². The molecule has 2 aliphatic rings. The highest BCUT2D eigenvalue weighted by atomic mass is 16.1. The molecular formula is C14H25NO. The van der Waals surface area contributed by atoms with Crippen LogP contribution in [0.4, 0.5) is 0 Å². The van der Waals surface area contributed by atoms with Crippen LogP contribution in [0.15, 0.2) is 0 Å². The second kappa shape index (κ2) is 4.48. The fourth-order valence-electron chi connectivity index (χ4n) is 3.16. The Labute approximate surface area is 99.0 Å². The summed E-state index contributed by atoms with van der Waals surface area (Å²) in [6.07, 6.45) is 8.20. The molecule has 0 aromatic carbocycles. The Hall–Kier alpha value is -0.370. The lowest BCUT2D eigenvalue weighted by Gasteiger charge is -2.32. The predicted molar refractivity (Wildman–Crippen MR) is 66.1 cm³/mol. The molecule has 1 atom stereocenters. The number of rotatable bonds is 4. The second-order valence-electron chi connectivity index (χ2n) is 6.05. The summed E-state index contributed by atoms with van der Waals surface area (Å²) in [7, 11) is 0. The number of Topliss-reactive ketones (excluding diaryl/α,β-unsaturated/α-hetero) is 1. The van der Waals surface area contributed by atoms with Gasteiger partial charge in [0.05, 0.1) is 5.54 Å². The van der Waals surface area contributed by atoms with Gasteiger partial charge in [-0.25, -0.2) is 0 Å². The normalized spacial score (nSPS) is 34.4. The lowest BCUT2D eigenvalue weighted by Crippen LogP contribution is -2.50. The summed E-state index contributed by atoms with van der Waals surface area (Å²) in [6, 6.07) is 0. The Morgan fingerprint density at radius 2 is 1.75 bits per heavy atom. The van der Waals surface area contributed by atoms with Crippen LogP contribution < -0.4 is 5.73 Å². The molecule has 2 heteroatoms. The average molecular weight is 223 g/mol. The van der Waals surface area contributed by atoms with E-state index in [0.717, 1.165) is 31.6 Å². The highest BCUT2D eigenvalue weighted by Gasteiger charge is 2.46. The molecule has 0 saturated heterocycles. The topological polar surface area (TPSA) is 43.1 Å². The summed E-state index contributed by atoms with van der Waals surface area (Å²) in [5.74, 6) is 1.95. The third-order valence-electron chi connectivity index (χ3n) is 4.75. The Bertz CT molecular complexity index is 260. The molecule has 2 rings (SSSR count). The number of carbonyl (C=O) groups excluding carboxylic acids is 1. The van der Waals surface area contributed by atoms with Crippen LogP contribution in [0.1, 0.15) is 58.8 Å². The van der Waals surface area contributed by atoms with E-state index in [4.69, 9.17) is 5.73 Å². The van der Waals surface area contributed by atoms with Crippen molar-refractivity contribution in [3.8, 4) is 0 Å². The van der Waals surface area contributed by atoms with Gasteiger partial charge in [-0.1, -0.05) is 13.3 Å². The molecular weight excluding hydrogens is 198 g/mol. The number of carbonyl (C=O) groups is 1. The van der Waals surface area contributed by atoms with E-state index in [2.05, 4.69) is 6.92 Å². The van der Waals surface area contributed by atoms with E-state index in [1.54, 1.807) is 0 Å². The fourth-order valence-corrected chi connectivity index (χ4v) is 3.16. The first-order chi connectivity index (χ1) is 7.55. The van der Waals surface area contributed by atoms with Gasteiger partial charge < -0.3 is 5.73 Å². The minimum absolute atomic E-state index is 0.262. The molecule has 0 spiro atoms. The van der Waals surface area contributed by atoms with Crippen LogP contribution in [0.5, 0.6) is 0 Å². The molecule has 2 N–H and O–H groups in total. The molecule has 16 heavy (non-hydrogen) atoms. The molecule has 1 unspecified atom stereocenters. The van der Waals surface area contributed by atoms with Crippen molar-refractivity contribution < 1.29 is 4.79 Å². The Balaban J connectivity index is 1.91. The number of hydrogen-bond acceptors (Lipinski definition) is 2. The van der Waals surface area contributed by atoms with Gasteiger partial charge in [-0.05, 0) is 57.3 Å². The summed E-state index contributed by atoms with van der Waals surface area (Å²) in [5, 5.41) is 0. The van der Waals surface area contributed by atoms with E-state index >= 15 is 0 Å². The van der Waals surface area contributed by atoms with Crippen molar-refractivity contribution in [2.45, 2.75) is 64.3 Å². The van der Waals surface area contributed by atoms with E-state index in [0.29, 0.717) is 11.7 Å². The first-order valence-corrected chi connectivity index (χ1v) is 6.88. The minimum Gasteiger partial charge on any atom is -0.319 e. The van der Waals surface area contributed by atoms with Crippen molar-refractivity contribution in [2.24, 2.45) is 23.5 Å². The summed E-state index contributed by atoms with van der Waals surface area (Å²) >= 11 is 0. The van der Waals surface area contributed by atoms with Crippen LogP contribution in [0.2, 0.25) is 0 Å². The predicted octanol–water partition coefficient (Wildman–Crippen LogP) is 2.90. The largest absolute Gasteiger partial charge is 0.319 e. The van der Waals surface area contributed by atoms with Crippen LogP contribution in [-0.4, -0.2) is 11.3 Å². The standard InChI is InChI=1S/C14H25NO/c1-3-10-4-6-11(7-5-10)13(16)14(2,15)12-8-9-12/h10-12H,3-9,15H2,1-2H3.